The molecule has 0 unspecified atom stereocenters. The monoisotopic (exact) mass is 465 g/mol. The van der Waals surface area contributed by atoms with Crippen LogP contribution in [-0.2, 0) is 13.1 Å². The van der Waals surface area contributed by atoms with Gasteiger partial charge >= 0.3 is 0 Å². The molecule has 1 N–H and O–H groups in total. The second-order valence-corrected chi connectivity index (χ2v) is 8.28. The van der Waals surface area contributed by atoms with Gasteiger partial charge in [0.25, 0.3) is 0 Å². The van der Waals surface area contributed by atoms with Crippen LogP contribution in [0.3, 0.4) is 0 Å². The summed E-state index contributed by atoms with van der Waals surface area (Å²) >= 11 is 0. The van der Waals surface area contributed by atoms with Crippen molar-refractivity contribution < 1.29 is 28.8 Å². The average molecular weight is 466 g/mol. The number of aliphatic hydroxyl groups is 1. The molecule has 1 heterocycles. The summed E-state index contributed by atoms with van der Waals surface area (Å²) in [7, 11) is 3.24. The second kappa shape index (κ2) is 11.1. The van der Waals surface area contributed by atoms with Crippen LogP contribution in [0.5, 0.6) is 28.7 Å². The van der Waals surface area contributed by atoms with Crippen LogP contribution in [0.1, 0.15) is 16.7 Å². The van der Waals surface area contributed by atoms with Gasteiger partial charge in [0.1, 0.15) is 18.5 Å². The Balaban J connectivity index is 1.48. The number of hydrogen-bond donors (Lipinski definition) is 1. The molecule has 7 heteroatoms. The molecule has 0 aromatic heterocycles. The maximum absolute atomic E-state index is 10.8. The summed E-state index contributed by atoms with van der Waals surface area (Å²) in [6.45, 7) is 4.08. The summed E-state index contributed by atoms with van der Waals surface area (Å²) in [4.78, 5) is 2.17. The molecule has 7 nitrogen and oxygen atoms in total. The van der Waals surface area contributed by atoms with E-state index >= 15 is 0 Å². The van der Waals surface area contributed by atoms with Crippen molar-refractivity contribution in [3.05, 3.63) is 77.4 Å². The van der Waals surface area contributed by atoms with E-state index in [1.165, 1.54) is 0 Å². The van der Waals surface area contributed by atoms with Crippen molar-refractivity contribution in [3.63, 3.8) is 0 Å². The zero-order chi connectivity index (χ0) is 23.9. The van der Waals surface area contributed by atoms with Gasteiger partial charge in [-0.05, 0) is 53.9 Å². The standard InChI is InChI=1S/C27H31NO6/c1-19-6-4-5-7-23(19)32-17-22(29)16-28(14-20-8-10-24(30-2)26(12-20)31-3)15-21-9-11-25-27(13-21)34-18-33-25/h4-13,22,29H,14-18H2,1-3H3/t22-/m0/s1. The molecule has 0 fully saturated rings. The van der Waals surface area contributed by atoms with Crippen LogP contribution in [0.4, 0.5) is 0 Å². The second-order valence-electron chi connectivity index (χ2n) is 8.28. The summed E-state index contributed by atoms with van der Waals surface area (Å²) in [6.07, 6.45) is -0.672. The number of methoxy groups -OCH3 is 2. The van der Waals surface area contributed by atoms with Crippen molar-refractivity contribution in [2.24, 2.45) is 0 Å². The molecule has 0 bridgehead atoms. The summed E-state index contributed by atoms with van der Waals surface area (Å²) in [5.74, 6) is 3.63. The molecule has 3 aromatic rings. The maximum atomic E-state index is 10.8. The molecule has 180 valence electrons. The zero-order valence-electron chi connectivity index (χ0n) is 19.8. The molecule has 0 aliphatic carbocycles. The van der Waals surface area contributed by atoms with Crippen LogP contribution in [-0.4, -0.2) is 50.3 Å². The predicted molar refractivity (Wildman–Crippen MR) is 129 cm³/mol. The molecule has 0 saturated heterocycles. The van der Waals surface area contributed by atoms with Gasteiger partial charge in [0.15, 0.2) is 23.0 Å². The van der Waals surface area contributed by atoms with E-state index in [0.717, 1.165) is 33.9 Å². The van der Waals surface area contributed by atoms with E-state index in [1.54, 1.807) is 14.2 Å². The molecule has 34 heavy (non-hydrogen) atoms. The first-order chi connectivity index (χ1) is 16.6. The minimum atomic E-state index is -0.672. The Morgan fingerprint density at radius 2 is 1.56 bits per heavy atom. The fourth-order valence-corrected chi connectivity index (χ4v) is 3.97. The van der Waals surface area contributed by atoms with Crippen LogP contribution >= 0.6 is 0 Å². The molecule has 1 atom stereocenters. The van der Waals surface area contributed by atoms with Crippen molar-refractivity contribution in [1.82, 2.24) is 4.90 Å². The van der Waals surface area contributed by atoms with Crippen molar-refractivity contribution in [1.29, 1.82) is 0 Å². The van der Waals surface area contributed by atoms with E-state index in [0.29, 0.717) is 31.1 Å². The van der Waals surface area contributed by atoms with E-state index in [2.05, 4.69) is 4.90 Å². The minimum Gasteiger partial charge on any atom is -0.493 e. The summed E-state index contributed by atoms with van der Waals surface area (Å²) < 4.78 is 27.7. The van der Waals surface area contributed by atoms with Gasteiger partial charge in [-0.15, -0.1) is 0 Å². The lowest BCUT2D eigenvalue weighted by Gasteiger charge is -2.26. The Morgan fingerprint density at radius 1 is 0.853 bits per heavy atom. The molecule has 0 saturated carbocycles. The van der Waals surface area contributed by atoms with Gasteiger partial charge < -0.3 is 28.8 Å². The molecule has 4 rings (SSSR count). The molecule has 1 aliphatic heterocycles. The van der Waals surface area contributed by atoms with Gasteiger partial charge in [0.2, 0.25) is 6.79 Å². The third-order valence-corrected chi connectivity index (χ3v) is 5.69. The van der Waals surface area contributed by atoms with Gasteiger partial charge in [0, 0.05) is 19.6 Å². The highest BCUT2D eigenvalue weighted by Gasteiger charge is 2.18. The number of para-hydroxylation sites is 1. The first kappa shape index (κ1) is 23.7. The Kier molecular flexibility index (Phi) is 7.77. The average Bonchev–Trinajstić information content (AvgIpc) is 3.31. The van der Waals surface area contributed by atoms with Gasteiger partial charge in [-0.1, -0.05) is 30.3 Å². The van der Waals surface area contributed by atoms with Gasteiger partial charge in [-0.3, -0.25) is 4.90 Å². The van der Waals surface area contributed by atoms with Crippen molar-refractivity contribution in [3.8, 4) is 28.7 Å². The molecule has 0 radical (unpaired) electrons. The van der Waals surface area contributed by atoms with Crippen LogP contribution in [0.15, 0.2) is 60.7 Å². The Bertz CT molecular complexity index is 1100. The molecule has 3 aromatic carbocycles. The number of aliphatic hydroxyl groups excluding tert-OH is 1. The third-order valence-electron chi connectivity index (χ3n) is 5.69. The first-order valence-electron chi connectivity index (χ1n) is 11.2. The Labute approximate surface area is 200 Å². The number of ether oxygens (including phenoxy) is 5. The van der Waals surface area contributed by atoms with E-state index in [-0.39, 0.29) is 13.4 Å². The lowest BCUT2D eigenvalue weighted by atomic mass is 10.1. The van der Waals surface area contributed by atoms with Gasteiger partial charge in [-0.25, -0.2) is 0 Å². The van der Waals surface area contributed by atoms with Crippen molar-refractivity contribution in [2.45, 2.75) is 26.1 Å². The Morgan fingerprint density at radius 3 is 2.32 bits per heavy atom. The molecule has 0 amide bonds. The van der Waals surface area contributed by atoms with Crippen molar-refractivity contribution >= 4 is 0 Å². The van der Waals surface area contributed by atoms with Crippen LogP contribution in [0.25, 0.3) is 0 Å². The number of benzene rings is 3. The fourth-order valence-electron chi connectivity index (χ4n) is 3.97. The number of hydrogen-bond acceptors (Lipinski definition) is 7. The van der Waals surface area contributed by atoms with Crippen LogP contribution in [0, 0.1) is 6.92 Å². The minimum absolute atomic E-state index is 0.203. The number of aryl methyl sites for hydroxylation is 1. The third kappa shape index (κ3) is 5.92. The van der Waals surface area contributed by atoms with Crippen molar-refractivity contribution in [2.75, 3.05) is 34.2 Å². The summed E-state index contributed by atoms with van der Waals surface area (Å²) in [5.41, 5.74) is 3.15. The SMILES string of the molecule is COc1ccc(CN(Cc2ccc3c(c2)OCO3)C[C@H](O)COc2ccccc2C)cc1OC. The smallest absolute Gasteiger partial charge is 0.231 e. The zero-order valence-corrected chi connectivity index (χ0v) is 19.8. The lowest BCUT2D eigenvalue weighted by molar-refractivity contribution is 0.0626. The normalized spacial score (nSPS) is 13.1. The number of fused-ring (bicyclic) bond motifs is 1. The highest BCUT2D eigenvalue weighted by Crippen LogP contribution is 2.33. The van der Waals surface area contributed by atoms with E-state index < -0.39 is 6.10 Å². The summed E-state index contributed by atoms with van der Waals surface area (Å²) in [6, 6.07) is 19.6. The van der Waals surface area contributed by atoms with Crippen LogP contribution < -0.4 is 23.7 Å². The quantitative estimate of drug-likeness (QED) is 0.456. The van der Waals surface area contributed by atoms with E-state index in [9.17, 15) is 5.11 Å². The highest BCUT2D eigenvalue weighted by molar-refractivity contribution is 5.45. The summed E-state index contributed by atoms with van der Waals surface area (Å²) in [5, 5.41) is 10.8. The van der Waals surface area contributed by atoms with Gasteiger partial charge in [0.05, 0.1) is 14.2 Å². The highest BCUT2D eigenvalue weighted by atomic mass is 16.7. The maximum Gasteiger partial charge on any atom is 0.231 e. The number of nitrogens with zero attached hydrogens (tertiary/aromatic N) is 1. The number of rotatable bonds is 11. The van der Waals surface area contributed by atoms with Gasteiger partial charge in [-0.2, -0.15) is 0 Å². The largest absolute Gasteiger partial charge is 0.493 e. The molecular weight excluding hydrogens is 434 g/mol. The predicted octanol–water partition coefficient (Wildman–Crippen LogP) is 4.18. The molecule has 1 aliphatic rings. The topological polar surface area (TPSA) is 69.6 Å². The molecular formula is C27H31NO6. The first-order valence-corrected chi connectivity index (χ1v) is 11.2. The lowest BCUT2D eigenvalue weighted by Crippen LogP contribution is -2.35. The fraction of sp³-hybridized carbons (Fsp3) is 0.333. The van der Waals surface area contributed by atoms with Crippen LogP contribution in [0.2, 0.25) is 0 Å². The van der Waals surface area contributed by atoms with E-state index in [4.69, 9.17) is 23.7 Å². The Hall–Kier alpha value is -3.42. The molecule has 0 spiro atoms. The van der Waals surface area contributed by atoms with E-state index in [1.807, 2.05) is 67.6 Å².